The van der Waals surface area contributed by atoms with Crippen molar-refractivity contribution in [3.63, 3.8) is 0 Å². The van der Waals surface area contributed by atoms with Gasteiger partial charge in [0.2, 0.25) is 0 Å². The van der Waals surface area contributed by atoms with E-state index in [4.69, 9.17) is 9.47 Å². The van der Waals surface area contributed by atoms with Crippen molar-refractivity contribution in [3.05, 3.63) is 64.5 Å². The monoisotopic (exact) mass is 424 g/mol. The van der Waals surface area contributed by atoms with Gasteiger partial charge in [-0.3, -0.25) is 14.6 Å². The van der Waals surface area contributed by atoms with E-state index in [-0.39, 0.29) is 30.6 Å². The molecule has 1 N–H and O–H groups in total. The third-order valence-corrected chi connectivity index (χ3v) is 5.29. The summed E-state index contributed by atoms with van der Waals surface area (Å²) in [5, 5.41) is 11.2. The molecule has 1 atom stereocenters. The Morgan fingerprint density at radius 2 is 1.94 bits per heavy atom. The van der Waals surface area contributed by atoms with Crippen LogP contribution in [0.4, 0.5) is 0 Å². The Labute approximate surface area is 182 Å². The van der Waals surface area contributed by atoms with Crippen molar-refractivity contribution < 1.29 is 24.2 Å². The number of likely N-dealkylation sites (tertiary alicyclic amines) is 1. The van der Waals surface area contributed by atoms with E-state index in [1.54, 1.807) is 43.6 Å². The molecule has 0 bridgehead atoms. The summed E-state index contributed by atoms with van der Waals surface area (Å²) >= 11 is 0. The third kappa shape index (κ3) is 4.46. The van der Waals surface area contributed by atoms with E-state index in [0.29, 0.717) is 17.0 Å². The van der Waals surface area contributed by atoms with E-state index in [9.17, 15) is 14.7 Å². The molecular weight excluding hydrogens is 396 g/mol. The molecular formula is C24H28N2O5. The Bertz CT molecular complexity index is 1010. The molecule has 7 heteroatoms. The molecule has 7 nitrogen and oxygen atoms in total. The molecule has 31 heavy (non-hydrogen) atoms. The van der Waals surface area contributed by atoms with Crippen molar-refractivity contribution in [1.82, 2.24) is 9.88 Å². The van der Waals surface area contributed by atoms with Gasteiger partial charge in [0.05, 0.1) is 31.1 Å². The van der Waals surface area contributed by atoms with Crippen molar-refractivity contribution in [2.24, 2.45) is 0 Å². The maximum atomic E-state index is 13.0. The number of carbonyl (C=O) groups excluding carboxylic acids is 2. The highest BCUT2D eigenvalue weighted by Crippen LogP contribution is 2.39. The van der Waals surface area contributed by atoms with Gasteiger partial charge in [-0.15, -0.1) is 0 Å². The van der Waals surface area contributed by atoms with Crippen LogP contribution in [0.1, 0.15) is 42.3 Å². The summed E-state index contributed by atoms with van der Waals surface area (Å²) in [5.41, 5.74) is 2.56. The molecule has 1 aliphatic rings. The lowest BCUT2D eigenvalue weighted by Gasteiger charge is -2.25. The van der Waals surface area contributed by atoms with E-state index in [1.165, 1.54) is 4.90 Å². The number of ketones is 1. The predicted molar refractivity (Wildman–Crippen MR) is 117 cm³/mol. The topological polar surface area (TPSA) is 89.0 Å². The first-order chi connectivity index (χ1) is 14.8. The Kier molecular flexibility index (Phi) is 6.75. The van der Waals surface area contributed by atoms with E-state index in [0.717, 1.165) is 11.1 Å². The second-order valence-electron chi connectivity index (χ2n) is 7.80. The normalized spacial score (nSPS) is 18.1. The number of hydrogen-bond donors (Lipinski definition) is 1. The summed E-state index contributed by atoms with van der Waals surface area (Å²) in [7, 11) is 1.58. The van der Waals surface area contributed by atoms with E-state index in [1.807, 2.05) is 27.7 Å². The van der Waals surface area contributed by atoms with Crippen molar-refractivity contribution in [3.8, 4) is 5.75 Å². The molecule has 2 heterocycles. The number of methoxy groups -OCH3 is 1. The lowest BCUT2D eigenvalue weighted by Crippen LogP contribution is -2.33. The first-order valence-corrected chi connectivity index (χ1v) is 10.2. The molecule has 2 aromatic rings. The minimum atomic E-state index is -0.793. The molecule has 0 saturated carbocycles. The maximum Gasteiger partial charge on any atom is 0.295 e. The van der Waals surface area contributed by atoms with Gasteiger partial charge in [0.1, 0.15) is 17.6 Å². The van der Waals surface area contributed by atoms with E-state index < -0.39 is 17.7 Å². The highest BCUT2D eigenvalue weighted by Gasteiger charge is 2.46. The summed E-state index contributed by atoms with van der Waals surface area (Å²) < 4.78 is 10.9. The van der Waals surface area contributed by atoms with Gasteiger partial charge in [0.15, 0.2) is 0 Å². The van der Waals surface area contributed by atoms with Crippen LogP contribution in [0.2, 0.25) is 0 Å². The zero-order valence-corrected chi connectivity index (χ0v) is 18.5. The molecule has 1 aromatic heterocycles. The van der Waals surface area contributed by atoms with Crippen LogP contribution in [0.3, 0.4) is 0 Å². The van der Waals surface area contributed by atoms with Crippen LogP contribution in [-0.4, -0.2) is 53.0 Å². The third-order valence-electron chi connectivity index (χ3n) is 5.29. The quantitative estimate of drug-likeness (QED) is 0.415. The van der Waals surface area contributed by atoms with Crippen LogP contribution in [0.15, 0.2) is 42.1 Å². The second-order valence-corrected chi connectivity index (χ2v) is 7.80. The minimum absolute atomic E-state index is 0.00459. The summed E-state index contributed by atoms with van der Waals surface area (Å²) in [6.07, 6.45) is 1.60. The van der Waals surface area contributed by atoms with E-state index in [2.05, 4.69) is 4.98 Å². The van der Waals surface area contributed by atoms with Gasteiger partial charge in [0.25, 0.3) is 11.7 Å². The van der Waals surface area contributed by atoms with Crippen molar-refractivity contribution >= 4 is 17.4 Å². The highest BCUT2D eigenvalue weighted by molar-refractivity contribution is 6.46. The van der Waals surface area contributed by atoms with Crippen LogP contribution < -0.4 is 4.74 Å². The Hall–Kier alpha value is -3.19. The van der Waals surface area contributed by atoms with Crippen LogP contribution in [0, 0.1) is 13.8 Å². The number of aryl methyl sites for hydroxylation is 2. The number of aliphatic hydroxyl groups is 1. The zero-order chi connectivity index (χ0) is 22.7. The molecule has 1 unspecified atom stereocenters. The fourth-order valence-corrected chi connectivity index (χ4v) is 3.75. The molecule has 3 rings (SSSR count). The number of Topliss-reactive ketones (excluding diaryl/α,β-unsaturated/α-hetero) is 1. The molecule has 1 amide bonds. The summed E-state index contributed by atoms with van der Waals surface area (Å²) in [6, 6.07) is 8.05. The SMILES string of the molecule is COc1cc(C)c(/C(O)=C2\C(=O)C(=O)N(CCOC(C)C)C2c2ccccn2)cc1C. The van der Waals surface area contributed by atoms with Crippen molar-refractivity contribution in [2.75, 3.05) is 20.3 Å². The number of benzene rings is 1. The first kappa shape index (κ1) is 22.5. The van der Waals surface area contributed by atoms with Crippen LogP contribution in [0.5, 0.6) is 5.75 Å². The molecule has 0 spiro atoms. The fraction of sp³-hybridized carbons (Fsp3) is 0.375. The Balaban J connectivity index is 2.13. The maximum absolute atomic E-state index is 13.0. The average molecular weight is 424 g/mol. The van der Waals surface area contributed by atoms with Crippen LogP contribution >= 0.6 is 0 Å². The molecule has 164 valence electrons. The number of ether oxygens (including phenoxy) is 2. The number of amides is 1. The standard InChI is InChI=1S/C24H28N2O5/c1-14(2)31-11-10-26-21(18-8-6-7-9-25-18)20(23(28)24(26)29)22(27)17-12-16(4)19(30-5)13-15(17)3/h6-9,12-14,21,27H,10-11H2,1-5H3/b22-20+. The summed E-state index contributed by atoms with van der Waals surface area (Å²) in [4.78, 5) is 31.7. The zero-order valence-electron chi connectivity index (χ0n) is 18.5. The largest absolute Gasteiger partial charge is 0.507 e. The van der Waals surface area contributed by atoms with Crippen LogP contribution in [0.25, 0.3) is 5.76 Å². The number of nitrogens with zero attached hydrogens (tertiary/aromatic N) is 2. The van der Waals surface area contributed by atoms with Crippen molar-refractivity contribution in [1.29, 1.82) is 0 Å². The predicted octanol–water partition coefficient (Wildman–Crippen LogP) is 3.55. The summed E-state index contributed by atoms with van der Waals surface area (Å²) in [5.74, 6) is -0.941. The van der Waals surface area contributed by atoms with Crippen molar-refractivity contribution in [2.45, 2.75) is 39.8 Å². The van der Waals surface area contributed by atoms with Gasteiger partial charge in [-0.05, 0) is 63.1 Å². The van der Waals surface area contributed by atoms with Gasteiger partial charge in [-0.2, -0.15) is 0 Å². The lowest BCUT2D eigenvalue weighted by molar-refractivity contribution is -0.140. The number of hydrogen-bond acceptors (Lipinski definition) is 6. The number of carbonyl (C=O) groups is 2. The number of rotatable bonds is 7. The van der Waals surface area contributed by atoms with Gasteiger partial charge < -0.3 is 19.5 Å². The Morgan fingerprint density at radius 3 is 2.55 bits per heavy atom. The molecule has 1 aromatic carbocycles. The second kappa shape index (κ2) is 9.31. The highest BCUT2D eigenvalue weighted by atomic mass is 16.5. The van der Waals surface area contributed by atoms with Gasteiger partial charge in [0, 0.05) is 18.3 Å². The lowest BCUT2D eigenvalue weighted by atomic mass is 9.95. The van der Waals surface area contributed by atoms with E-state index >= 15 is 0 Å². The summed E-state index contributed by atoms with van der Waals surface area (Å²) in [6.45, 7) is 7.96. The molecule has 0 radical (unpaired) electrons. The number of aliphatic hydroxyl groups excluding tert-OH is 1. The minimum Gasteiger partial charge on any atom is -0.507 e. The first-order valence-electron chi connectivity index (χ1n) is 10.2. The Morgan fingerprint density at radius 1 is 1.19 bits per heavy atom. The molecule has 0 aliphatic carbocycles. The van der Waals surface area contributed by atoms with Gasteiger partial charge >= 0.3 is 0 Å². The molecule has 1 saturated heterocycles. The van der Waals surface area contributed by atoms with Gasteiger partial charge in [-0.25, -0.2) is 0 Å². The molecule has 1 aliphatic heterocycles. The number of aromatic nitrogens is 1. The molecule has 1 fully saturated rings. The average Bonchev–Trinajstić information content (AvgIpc) is 3.00. The smallest absolute Gasteiger partial charge is 0.295 e. The fourth-order valence-electron chi connectivity index (χ4n) is 3.75. The van der Waals surface area contributed by atoms with Gasteiger partial charge in [-0.1, -0.05) is 6.07 Å². The van der Waals surface area contributed by atoms with Crippen LogP contribution in [-0.2, 0) is 14.3 Å². The number of pyridine rings is 1.